The fourth-order valence-electron chi connectivity index (χ4n) is 0.356. The summed E-state index contributed by atoms with van der Waals surface area (Å²) in [6.45, 7) is 0. The summed E-state index contributed by atoms with van der Waals surface area (Å²) in [7, 11) is 0. The molecule has 2 nitrogen and oxygen atoms in total. The first-order valence-electron chi connectivity index (χ1n) is 2.09. The quantitative estimate of drug-likeness (QED) is 0.514. The molecule has 0 aliphatic heterocycles. The van der Waals surface area contributed by atoms with Crippen LogP contribution in [0.3, 0.4) is 0 Å². The van der Waals surface area contributed by atoms with Crippen LogP contribution in [0.15, 0.2) is 18.3 Å². The number of thiocarbonyl (C=S) groups is 1. The van der Waals surface area contributed by atoms with Gasteiger partial charge in [-0.1, -0.05) is 12.2 Å². The Labute approximate surface area is 52.6 Å². The van der Waals surface area contributed by atoms with Crippen molar-refractivity contribution in [2.45, 2.75) is 0 Å². The van der Waals surface area contributed by atoms with Gasteiger partial charge in [0.15, 0.2) is 0 Å². The van der Waals surface area contributed by atoms with Crippen molar-refractivity contribution in [1.29, 1.82) is 0 Å². The van der Waals surface area contributed by atoms with E-state index in [1.54, 1.807) is 18.3 Å². The van der Waals surface area contributed by atoms with Crippen molar-refractivity contribution in [3.05, 3.63) is 24.0 Å². The summed E-state index contributed by atoms with van der Waals surface area (Å²) >= 11 is 4.47. The Morgan fingerprint density at radius 1 is 1.62 bits per heavy atom. The summed E-state index contributed by atoms with van der Waals surface area (Å²) in [4.78, 5) is 0. The highest BCUT2D eigenvalue weighted by molar-refractivity contribution is 7.79. The highest BCUT2D eigenvalue weighted by Crippen LogP contribution is 1.83. The molecule has 0 fully saturated rings. The van der Waals surface area contributed by atoms with Gasteiger partial charge in [0.25, 0.3) is 0 Å². The molecule has 0 N–H and O–H groups in total. The monoisotopic (exact) mass is 123 g/mol. The molecule has 39 valence electrons. The average molecular weight is 123 g/mol. The maximum Gasteiger partial charge on any atom is 0.105 e. The molecule has 0 spiro atoms. The number of aromatic nitrogens is 2. The highest BCUT2D eigenvalue weighted by Gasteiger charge is 1.81. The van der Waals surface area contributed by atoms with Crippen LogP contribution < -0.4 is 0 Å². The predicted molar refractivity (Wildman–Crippen MR) is 33.7 cm³/mol. The minimum absolute atomic E-state index is 0.613. The van der Waals surface area contributed by atoms with Crippen LogP contribution >= 0.6 is 12.2 Å². The van der Waals surface area contributed by atoms with E-state index in [0.29, 0.717) is 5.69 Å². The molecule has 1 radical (unpaired) electrons. The molecule has 1 aromatic rings. The van der Waals surface area contributed by atoms with E-state index in [0.717, 1.165) is 0 Å². The second-order valence-electron chi connectivity index (χ2n) is 1.21. The maximum absolute atomic E-state index is 4.47. The van der Waals surface area contributed by atoms with Crippen LogP contribution in [0.5, 0.6) is 0 Å². The minimum Gasteiger partial charge on any atom is -0.159 e. The molecule has 0 unspecified atom stereocenters. The minimum atomic E-state index is 0.613. The third kappa shape index (κ3) is 1.07. The van der Waals surface area contributed by atoms with Gasteiger partial charge in [-0.25, -0.2) is 0 Å². The lowest BCUT2D eigenvalue weighted by molar-refractivity contribution is 1.02. The molecule has 0 saturated heterocycles. The zero-order valence-corrected chi connectivity index (χ0v) is 4.85. The Morgan fingerprint density at radius 3 is 2.88 bits per heavy atom. The van der Waals surface area contributed by atoms with Crippen molar-refractivity contribution >= 4 is 17.6 Å². The van der Waals surface area contributed by atoms with E-state index in [-0.39, 0.29) is 0 Å². The van der Waals surface area contributed by atoms with E-state index in [1.165, 1.54) is 0 Å². The smallest absolute Gasteiger partial charge is 0.105 e. The SMILES string of the molecule is S=[C]c1cccnn1. The van der Waals surface area contributed by atoms with Gasteiger partial charge in [-0.3, -0.25) is 0 Å². The van der Waals surface area contributed by atoms with Crippen molar-refractivity contribution in [2.24, 2.45) is 0 Å². The van der Waals surface area contributed by atoms with Gasteiger partial charge in [-0.2, -0.15) is 5.10 Å². The van der Waals surface area contributed by atoms with Crippen molar-refractivity contribution in [1.82, 2.24) is 10.2 Å². The van der Waals surface area contributed by atoms with Gasteiger partial charge in [0, 0.05) is 6.20 Å². The summed E-state index contributed by atoms with van der Waals surface area (Å²) in [6, 6.07) is 3.52. The van der Waals surface area contributed by atoms with Gasteiger partial charge in [0.05, 0.1) is 5.37 Å². The van der Waals surface area contributed by atoms with E-state index < -0.39 is 0 Å². The van der Waals surface area contributed by atoms with E-state index in [4.69, 9.17) is 0 Å². The molecule has 0 aliphatic carbocycles. The maximum atomic E-state index is 4.47. The molecule has 1 heterocycles. The lowest BCUT2D eigenvalue weighted by Crippen LogP contribution is -1.85. The van der Waals surface area contributed by atoms with Crippen LogP contribution in [0.1, 0.15) is 5.69 Å². The van der Waals surface area contributed by atoms with Crippen LogP contribution in [0.25, 0.3) is 0 Å². The lowest BCUT2D eigenvalue weighted by atomic mass is 10.4. The Kier molecular flexibility index (Phi) is 1.64. The number of hydrogen-bond donors (Lipinski definition) is 0. The first kappa shape index (κ1) is 5.31. The van der Waals surface area contributed by atoms with Gasteiger partial charge in [-0.05, 0) is 12.1 Å². The van der Waals surface area contributed by atoms with Crippen molar-refractivity contribution in [2.75, 3.05) is 0 Å². The van der Waals surface area contributed by atoms with Crippen LogP contribution in [0, 0.1) is 0 Å². The van der Waals surface area contributed by atoms with Crippen molar-refractivity contribution in [3.63, 3.8) is 0 Å². The second-order valence-corrected chi connectivity index (χ2v) is 1.42. The lowest BCUT2D eigenvalue weighted by Gasteiger charge is -1.81. The third-order valence-corrected chi connectivity index (χ3v) is 0.886. The molecule has 0 bridgehead atoms. The van der Waals surface area contributed by atoms with E-state index in [2.05, 4.69) is 27.8 Å². The van der Waals surface area contributed by atoms with E-state index >= 15 is 0 Å². The van der Waals surface area contributed by atoms with Gasteiger partial charge in [0.2, 0.25) is 0 Å². The van der Waals surface area contributed by atoms with Gasteiger partial charge in [0.1, 0.15) is 5.69 Å². The standard InChI is InChI=1S/C5H3N2S/c8-4-5-2-1-3-6-7-5/h1-3H. The van der Waals surface area contributed by atoms with Crippen molar-refractivity contribution in [3.8, 4) is 0 Å². The first-order valence-corrected chi connectivity index (χ1v) is 2.50. The molecular weight excluding hydrogens is 120 g/mol. The number of hydrogen-bond acceptors (Lipinski definition) is 3. The molecular formula is C5H3N2S. The van der Waals surface area contributed by atoms with E-state index in [9.17, 15) is 0 Å². The van der Waals surface area contributed by atoms with Crippen molar-refractivity contribution < 1.29 is 0 Å². The molecule has 0 amide bonds. The predicted octanol–water partition coefficient (Wildman–Crippen LogP) is 0.701. The average Bonchev–Trinajstić information content (AvgIpc) is 1.90. The molecule has 0 aliphatic rings. The molecule has 1 aromatic heterocycles. The Hall–Kier alpha value is -0.830. The second kappa shape index (κ2) is 2.47. The molecule has 0 aromatic carbocycles. The molecule has 0 atom stereocenters. The van der Waals surface area contributed by atoms with Gasteiger partial charge >= 0.3 is 0 Å². The number of rotatable bonds is 1. The summed E-state index contributed by atoms with van der Waals surface area (Å²) in [5.41, 5.74) is 0.613. The van der Waals surface area contributed by atoms with Crippen LogP contribution in [-0.4, -0.2) is 15.6 Å². The zero-order valence-electron chi connectivity index (χ0n) is 4.03. The largest absolute Gasteiger partial charge is 0.159 e. The first-order chi connectivity index (χ1) is 3.93. The highest BCUT2D eigenvalue weighted by atomic mass is 32.1. The zero-order chi connectivity index (χ0) is 5.82. The summed E-state index contributed by atoms with van der Waals surface area (Å²) in [6.07, 6.45) is 1.59. The fourth-order valence-corrected chi connectivity index (χ4v) is 0.465. The Bertz CT molecular complexity index is 173. The summed E-state index contributed by atoms with van der Waals surface area (Å²) in [5.74, 6) is 0. The summed E-state index contributed by atoms with van der Waals surface area (Å²) in [5, 5.41) is 9.64. The van der Waals surface area contributed by atoms with Crippen LogP contribution in [0.2, 0.25) is 0 Å². The Morgan fingerprint density at radius 2 is 2.50 bits per heavy atom. The topological polar surface area (TPSA) is 25.8 Å². The molecule has 3 heteroatoms. The molecule has 8 heavy (non-hydrogen) atoms. The van der Waals surface area contributed by atoms with E-state index in [1.807, 2.05) is 0 Å². The molecule has 0 saturated carbocycles. The summed E-state index contributed by atoms with van der Waals surface area (Å²) < 4.78 is 0. The van der Waals surface area contributed by atoms with Gasteiger partial charge in [-0.15, -0.1) is 5.10 Å². The Balaban J connectivity index is 2.99. The van der Waals surface area contributed by atoms with Crippen LogP contribution in [-0.2, 0) is 0 Å². The fraction of sp³-hybridized carbons (Fsp3) is 0. The van der Waals surface area contributed by atoms with Crippen LogP contribution in [0.4, 0.5) is 0 Å². The molecule has 1 rings (SSSR count). The normalized spacial score (nSPS) is 8.50. The number of nitrogens with zero attached hydrogens (tertiary/aromatic N) is 2. The third-order valence-electron chi connectivity index (χ3n) is 0.677. The van der Waals surface area contributed by atoms with Gasteiger partial charge < -0.3 is 0 Å².